The molecule has 0 radical (unpaired) electrons. The van der Waals surface area contributed by atoms with E-state index in [1.54, 1.807) is 6.20 Å². The van der Waals surface area contributed by atoms with E-state index in [9.17, 15) is 5.11 Å². The summed E-state index contributed by atoms with van der Waals surface area (Å²) in [5, 5.41) is 22.3. The van der Waals surface area contributed by atoms with Gasteiger partial charge in [0.15, 0.2) is 0 Å². The van der Waals surface area contributed by atoms with Gasteiger partial charge in [0.1, 0.15) is 12.4 Å². The Bertz CT molecular complexity index is 1450. The molecule has 4 aromatic rings. The molecule has 2 atom stereocenters. The maximum Gasteiger partial charge on any atom is 0.242 e. The smallest absolute Gasteiger partial charge is 0.242 e. The van der Waals surface area contributed by atoms with E-state index in [2.05, 4.69) is 25.1 Å². The highest BCUT2D eigenvalue weighted by Crippen LogP contribution is 2.33. The van der Waals surface area contributed by atoms with Crippen molar-refractivity contribution in [1.82, 2.24) is 39.2 Å². The zero-order valence-corrected chi connectivity index (χ0v) is 21.4. The predicted molar refractivity (Wildman–Crippen MR) is 138 cm³/mol. The van der Waals surface area contributed by atoms with Crippen molar-refractivity contribution in [2.75, 3.05) is 26.4 Å². The van der Waals surface area contributed by atoms with E-state index in [0.29, 0.717) is 31.5 Å². The van der Waals surface area contributed by atoms with Crippen LogP contribution in [0.1, 0.15) is 55.5 Å². The molecule has 0 amide bonds. The van der Waals surface area contributed by atoms with Gasteiger partial charge in [-0.2, -0.15) is 0 Å². The van der Waals surface area contributed by atoms with Gasteiger partial charge in [0, 0.05) is 24.5 Å². The molecule has 6 heterocycles. The van der Waals surface area contributed by atoms with Crippen LogP contribution in [0.5, 0.6) is 11.8 Å². The standard InChI is InChI=1S/C26H32N8O3/c1-4-36-25-20-7-8-23-28-11-19-10-27-21(12-33(19)23)24-17(3)29-30-26(24)37-15-18-6-5-9-32(18)13-22(20)34(31-25)16(2)14-35/h7-8,10-12,16,18,35H,4-6,9,13-15H2,1-3H3,(H,29,30)/b8-7+. The quantitative estimate of drug-likeness (QED) is 0.435. The summed E-state index contributed by atoms with van der Waals surface area (Å²) >= 11 is 0. The second-order valence-corrected chi connectivity index (χ2v) is 9.70. The lowest BCUT2D eigenvalue weighted by Gasteiger charge is -2.25. The number of hydrogen-bond acceptors (Lipinski definition) is 8. The van der Waals surface area contributed by atoms with Crippen molar-refractivity contribution >= 4 is 17.7 Å². The number of ether oxygens (including phenoxy) is 2. The van der Waals surface area contributed by atoms with E-state index in [1.165, 1.54) is 0 Å². The molecular formula is C26H32N8O3. The van der Waals surface area contributed by atoms with Crippen LogP contribution in [-0.4, -0.2) is 76.8 Å². The van der Waals surface area contributed by atoms with E-state index in [1.807, 2.05) is 54.4 Å². The van der Waals surface area contributed by atoms with Crippen LogP contribution in [0.25, 0.3) is 28.9 Å². The Labute approximate surface area is 214 Å². The molecule has 1 saturated heterocycles. The maximum atomic E-state index is 9.99. The minimum Gasteiger partial charge on any atom is -0.476 e. The average Bonchev–Trinajstić information content (AvgIpc) is 3.67. The molecule has 2 bridgehead atoms. The highest BCUT2D eigenvalue weighted by Gasteiger charge is 2.30. The number of H-pyrrole nitrogens is 1. The van der Waals surface area contributed by atoms with Crippen molar-refractivity contribution in [3.8, 4) is 23.0 Å². The third-order valence-corrected chi connectivity index (χ3v) is 7.25. The highest BCUT2D eigenvalue weighted by molar-refractivity contribution is 5.73. The first-order valence-electron chi connectivity index (χ1n) is 12.9. The number of rotatable bonds is 4. The van der Waals surface area contributed by atoms with Gasteiger partial charge in [0.25, 0.3) is 0 Å². The Kier molecular flexibility index (Phi) is 6.17. The third kappa shape index (κ3) is 4.17. The third-order valence-electron chi connectivity index (χ3n) is 7.25. The molecule has 6 rings (SSSR count). The predicted octanol–water partition coefficient (Wildman–Crippen LogP) is 3.10. The second kappa shape index (κ2) is 9.64. The number of fused-ring (bicyclic) bond motifs is 5. The maximum absolute atomic E-state index is 9.99. The number of aromatic nitrogens is 7. The number of imidazole rings is 1. The van der Waals surface area contributed by atoms with Crippen LogP contribution < -0.4 is 9.47 Å². The molecule has 2 unspecified atom stereocenters. The van der Waals surface area contributed by atoms with Crippen LogP contribution in [0.2, 0.25) is 0 Å². The summed E-state index contributed by atoms with van der Waals surface area (Å²) in [4.78, 5) is 11.7. The first-order chi connectivity index (χ1) is 18.1. The topological polar surface area (TPSA) is 119 Å². The Morgan fingerprint density at radius 2 is 2.14 bits per heavy atom. The van der Waals surface area contributed by atoms with Crippen molar-refractivity contribution in [2.24, 2.45) is 0 Å². The molecule has 2 aliphatic heterocycles. The van der Waals surface area contributed by atoms with Gasteiger partial charge in [0.05, 0.1) is 59.7 Å². The summed E-state index contributed by atoms with van der Waals surface area (Å²) in [6.45, 7) is 8.51. The van der Waals surface area contributed by atoms with Crippen molar-refractivity contribution in [3.05, 3.63) is 41.4 Å². The van der Waals surface area contributed by atoms with Crippen molar-refractivity contribution < 1.29 is 14.6 Å². The zero-order valence-electron chi connectivity index (χ0n) is 21.4. The molecule has 4 aromatic heterocycles. The molecule has 1 fully saturated rings. The van der Waals surface area contributed by atoms with E-state index < -0.39 is 0 Å². The van der Waals surface area contributed by atoms with Crippen LogP contribution in [0, 0.1) is 6.92 Å². The van der Waals surface area contributed by atoms with Crippen molar-refractivity contribution in [3.63, 3.8) is 0 Å². The first kappa shape index (κ1) is 23.7. The van der Waals surface area contributed by atoms with Gasteiger partial charge in [-0.05, 0) is 52.3 Å². The van der Waals surface area contributed by atoms with Gasteiger partial charge in [-0.3, -0.25) is 24.1 Å². The van der Waals surface area contributed by atoms with Crippen LogP contribution in [0.3, 0.4) is 0 Å². The Morgan fingerprint density at radius 3 is 2.97 bits per heavy atom. The number of aliphatic hydroxyl groups excluding tert-OH is 1. The number of hydrogen-bond donors (Lipinski definition) is 2. The van der Waals surface area contributed by atoms with Gasteiger partial charge < -0.3 is 14.6 Å². The summed E-state index contributed by atoms with van der Waals surface area (Å²) < 4.78 is 16.2. The molecular weight excluding hydrogens is 472 g/mol. The van der Waals surface area contributed by atoms with E-state index >= 15 is 0 Å². The number of nitrogens with one attached hydrogen (secondary N) is 1. The summed E-state index contributed by atoms with van der Waals surface area (Å²) in [6.07, 6.45) is 11.7. The zero-order chi connectivity index (χ0) is 25.5. The Morgan fingerprint density at radius 1 is 1.27 bits per heavy atom. The molecule has 0 aliphatic carbocycles. The van der Waals surface area contributed by atoms with Crippen LogP contribution >= 0.6 is 0 Å². The molecule has 0 saturated carbocycles. The van der Waals surface area contributed by atoms with E-state index in [-0.39, 0.29) is 18.7 Å². The molecule has 37 heavy (non-hydrogen) atoms. The molecule has 11 heteroatoms. The lowest BCUT2D eigenvalue weighted by atomic mass is 10.1. The minimum atomic E-state index is -0.189. The number of aliphatic hydroxyl groups is 1. The SMILES string of the molecule is CCOc1nn(C(C)CO)c2c1/C=C/c1ncc3cnc(cn13)-c1c(n[nH]c1C)OCC1CCCN1C2. The molecule has 2 N–H and O–H groups in total. The van der Waals surface area contributed by atoms with E-state index in [4.69, 9.17) is 14.6 Å². The van der Waals surface area contributed by atoms with Crippen LogP contribution in [0.15, 0.2) is 18.6 Å². The fourth-order valence-electron chi connectivity index (χ4n) is 5.27. The summed E-state index contributed by atoms with van der Waals surface area (Å²) in [6, 6.07) is 0.0345. The molecule has 194 valence electrons. The lowest BCUT2D eigenvalue weighted by Crippen LogP contribution is -2.35. The second-order valence-electron chi connectivity index (χ2n) is 9.70. The normalized spacial score (nSPS) is 19.5. The van der Waals surface area contributed by atoms with Gasteiger partial charge in [-0.15, -0.1) is 10.2 Å². The van der Waals surface area contributed by atoms with Crippen molar-refractivity contribution in [2.45, 2.75) is 52.2 Å². The highest BCUT2D eigenvalue weighted by atomic mass is 16.5. The van der Waals surface area contributed by atoms with Gasteiger partial charge in [-0.25, -0.2) is 4.98 Å². The van der Waals surface area contributed by atoms with Crippen LogP contribution in [-0.2, 0) is 6.54 Å². The summed E-state index contributed by atoms with van der Waals surface area (Å²) in [7, 11) is 0. The van der Waals surface area contributed by atoms with E-state index in [0.717, 1.165) is 58.9 Å². The fourth-order valence-corrected chi connectivity index (χ4v) is 5.27. The van der Waals surface area contributed by atoms with Gasteiger partial charge >= 0.3 is 0 Å². The molecule has 11 nitrogen and oxygen atoms in total. The van der Waals surface area contributed by atoms with Crippen LogP contribution in [0.4, 0.5) is 0 Å². The Balaban J connectivity index is 1.54. The largest absolute Gasteiger partial charge is 0.476 e. The van der Waals surface area contributed by atoms with Crippen molar-refractivity contribution in [1.29, 1.82) is 0 Å². The number of aryl methyl sites for hydroxylation is 1. The molecule has 0 aromatic carbocycles. The molecule has 2 aliphatic rings. The Hall–Kier alpha value is -3.70. The lowest BCUT2D eigenvalue weighted by molar-refractivity contribution is 0.157. The number of nitrogens with zero attached hydrogens (tertiary/aromatic N) is 7. The van der Waals surface area contributed by atoms with Gasteiger partial charge in [0.2, 0.25) is 11.8 Å². The molecule has 0 spiro atoms. The fraction of sp³-hybridized carbons (Fsp3) is 0.462. The average molecular weight is 505 g/mol. The minimum absolute atomic E-state index is 0.0160. The van der Waals surface area contributed by atoms with Gasteiger partial charge in [-0.1, -0.05) is 0 Å². The number of aromatic amines is 1. The summed E-state index contributed by atoms with van der Waals surface area (Å²) in [5.74, 6) is 1.87. The monoisotopic (exact) mass is 504 g/mol. The first-order valence-corrected chi connectivity index (χ1v) is 12.9. The summed E-state index contributed by atoms with van der Waals surface area (Å²) in [5.41, 5.74) is 5.31.